The number of nitrogens with one attached hydrogen (secondary N) is 2. The molecule has 128 valence electrons. The van der Waals surface area contributed by atoms with Crippen LogP contribution < -0.4 is 10.0 Å². The number of carbonyl (C=O) groups excluding carboxylic acids is 2. The van der Waals surface area contributed by atoms with Crippen molar-refractivity contribution in [1.29, 1.82) is 0 Å². The summed E-state index contributed by atoms with van der Waals surface area (Å²) in [6.07, 6.45) is 0. The summed E-state index contributed by atoms with van der Waals surface area (Å²) in [5, 5.41) is 2.57. The molecule has 1 aromatic rings. The summed E-state index contributed by atoms with van der Waals surface area (Å²) in [6, 6.07) is 5.88. The summed E-state index contributed by atoms with van der Waals surface area (Å²) in [4.78, 5) is 24.1. The fourth-order valence-corrected chi connectivity index (χ4v) is 3.10. The van der Waals surface area contributed by atoms with E-state index in [1.54, 1.807) is 4.90 Å². The summed E-state index contributed by atoms with van der Waals surface area (Å²) < 4.78 is 26.8. The molecule has 8 heteroatoms. The fraction of sp³-hybridized carbons (Fsp3) is 0.467. The Bertz CT molecular complexity index is 654. The maximum absolute atomic E-state index is 12.2. The van der Waals surface area contributed by atoms with Gasteiger partial charge in [0.25, 0.3) is 0 Å². The van der Waals surface area contributed by atoms with Gasteiger partial charge in [-0.2, -0.15) is 0 Å². The SMILES string of the molecule is CC(=O)Nc1ccc(S(=O)(=O)NCCN(C(C)=O)C(C)C)cc1. The first-order chi connectivity index (χ1) is 10.6. The van der Waals surface area contributed by atoms with Crippen LogP contribution in [-0.2, 0) is 19.6 Å². The second-order valence-electron chi connectivity index (χ2n) is 5.41. The molecule has 23 heavy (non-hydrogen) atoms. The van der Waals surface area contributed by atoms with E-state index in [9.17, 15) is 18.0 Å². The molecular formula is C15H23N3O4S. The van der Waals surface area contributed by atoms with E-state index in [4.69, 9.17) is 0 Å². The number of carbonyl (C=O) groups is 2. The zero-order valence-electron chi connectivity index (χ0n) is 13.8. The zero-order valence-corrected chi connectivity index (χ0v) is 14.6. The molecular weight excluding hydrogens is 318 g/mol. The molecule has 2 N–H and O–H groups in total. The van der Waals surface area contributed by atoms with Crippen LogP contribution in [-0.4, -0.2) is 44.3 Å². The standard InChI is InChI=1S/C15H23N3O4S/c1-11(2)18(13(4)20)10-9-16-23(21,22)15-7-5-14(6-8-15)17-12(3)19/h5-8,11,16H,9-10H2,1-4H3,(H,17,19). The molecule has 0 aliphatic carbocycles. The van der Waals surface area contributed by atoms with E-state index in [1.165, 1.54) is 38.1 Å². The highest BCUT2D eigenvalue weighted by Crippen LogP contribution is 2.13. The van der Waals surface area contributed by atoms with E-state index in [0.717, 1.165) is 0 Å². The van der Waals surface area contributed by atoms with Crippen LogP contribution in [0.5, 0.6) is 0 Å². The van der Waals surface area contributed by atoms with Crippen molar-refractivity contribution in [3.05, 3.63) is 24.3 Å². The smallest absolute Gasteiger partial charge is 0.240 e. The molecule has 7 nitrogen and oxygen atoms in total. The molecule has 0 fully saturated rings. The van der Waals surface area contributed by atoms with Crippen molar-refractivity contribution in [1.82, 2.24) is 9.62 Å². The zero-order chi connectivity index (χ0) is 17.6. The molecule has 0 atom stereocenters. The Morgan fingerprint density at radius 1 is 1.13 bits per heavy atom. The van der Waals surface area contributed by atoms with Gasteiger partial charge in [0.15, 0.2) is 0 Å². The summed E-state index contributed by atoms with van der Waals surface area (Å²) in [5.41, 5.74) is 0.527. The fourth-order valence-electron chi connectivity index (χ4n) is 2.08. The number of nitrogens with zero attached hydrogens (tertiary/aromatic N) is 1. The van der Waals surface area contributed by atoms with Crippen molar-refractivity contribution < 1.29 is 18.0 Å². The molecule has 1 rings (SSSR count). The van der Waals surface area contributed by atoms with Crippen LogP contribution in [0, 0.1) is 0 Å². The van der Waals surface area contributed by atoms with Gasteiger partial charge in [0.05, 0.1) is 4.90 Å². The van der Waals surface area contributed by atoms with Gasteiger partial charge in [-0.25, -0.2) is 13.1 Å². The molecule has 0 saturated carbocycles. The first kappa shape index (κ1) is 19.1. The first-order valence-corrected chi connectivity index (χ1v) is 8.76. The molecule has 0 saturated heterocycles. The summed E-state index contributed by atoms with van der Waals surface area (Å²) >= 11 is 0. The van der Waals surface area contributed by atoms with E-state index >= 15 is 0 Å². The summed E-state index contributed by atoms with van der Waals surface area (Å²) in [6.45, 7) is 7.01. The van der Waals surface area contributed by atoms with E-state index < -0.39 is 10.0 Å². The largest absolute Gasteiger partial charge is 0.339 e. The predicted octanol–water partition coefficient (Wildman–Crippen LogP) is 1.18. The Morgan fingerprint density at radius 3 is 2.13 bits per heavy atom. The number of hydrogen-bond acceptors (Lipinski definition) is 4. The van der Waals surface area contributed by atoms with E-state index in [-0.39, 0.29) is 29.3 Å². The maximum Gasteiger partial charge on any atom is 0.240 e. The Hall–Kier alpha value is -1.93. The molecule has 0 aliphatic rings. The van der Waals surface area contributed by atoms with Crippen LogP contribution in [0.1, 0.15) is 27.7 Å². The number of benzene rings is 1. The minimum Gasteiger partial charge on any atom is -0.339 e. The Balaban J connectivity index is 2.68. The van der Waals surface area contributed by atoms with Crippen LogP contribution >= 0.6 is 0 Å². The average Bonchev–Trinajstić information content (AvgIpc) is 2.42. The van der Waals surface area contributed by atoms with Gasteiger partial charge in [-0.15, -0.1) is 0 Å². The highest BCUT2D eigenvalue weighted by Gasteiger charge is 2.16. The first-order valence-electron chi connectivity index (χ1n) is 7.28. The van der Waals surface area contributed by atoms with Gasteiger partial charge in [-0.05, 0) is 38.1 Å². The molecule has 0 unspecified atom stereocenters. The van der Waals surface area contributed by atoms with Gasteiger partial charge in [-0.1, -0.05) is 0 Å². The quantitative estimate of drug-likeness (QED) is 0.778. The summed E-state index contributed by atoms with van der Waals surface area (Å²) in [5.74, 6) is -0.324. The number of amides is 2. The highest BCUT2D eigenvalue weighted by molar-refractivity contribution is 7.89. The Labute approximate surface area is 137 Å². The van der Waals surface area contributed by atoms with Crippen molar-refractivity contribution >= 4 is 27.5 Å². The lowest BCUT2D eigenvalue weighted by atomic mass is 10.3. The molecule has 0 radical (unpaired) electrons. The molecule has 0 bridgehead atoms. The molecule has 0 aromatic heterocycles. The second-order valence-corrected chi connectivity index (χ2v) is 7.18. The highest BCUT2D eigenvalue weighted by atomic mass is 32.2. The van der Waals surface area contributed by atoms with Crippen molar-refractivity contribution in [2.24, 2.45) is 0 Å². The Morgan fingerprint density at radius 2 is 1.70 bits per heavy atom. The maximum atomic E-state index is 12.2. The van der Waals surface area contributed by atoms with E-state index in [2.05, 4.69) is 10.0 Å². The van der Waals surface area contributed by atoms with Gasteiger partial charge in [0, 0.05) is 38.7 Å². The van der Waals surface area contributed by atoms with Crippen molar-refractivity contribution in [2.75, 3.05) is 18.4 Å². The lowest BCUT2D eigenvalue weighted by molar-refractivity contribution is -0.130. The van der Waals surface area contributed by atoms with Crippen molar-refractivity contribution in [3.8, 4) is 0 Å². The third kappa shape index (κ3) is 5.99. The molecule has 0 aliphatic heterocycles. The Kier molecular flexibility index (Phi) is 6.71. The van der Waals surface area contributed by atoms with Crippen LogP contribution in [0.2, 0.25) is 0 Å². The van der Waals surface area contributed by atoms with E-state index in [1.807, 2.05) is 13.8 Å². The number of anilines is 1. The van der Waals surface area contributed by atoms with Gasteiger partial charge in [0.1, 0.15) is 0 Å². The minimum atomic E-state index is -3.65. The van der Waals surface area contributed by atoms with Crippen molar-refractivity contribution in [2.45, 2.75) is 38.6 Å². The van der Waals surface area contributed by atoms with Gasteiger partial charge < -0.3 is 10.2 Å². The van der Waals surface area contributed by atoms with Crippen molar-refractivity contribution in [3.63, 3.8) is 0 Å². The predicted molar refractivity (Wildman–Crippen MR) is 88.5 cm³/mol. The van der Waals surface area contributed by atoms with Crippen LogP contribution in [0.15, 0.2) is 29.2 Å². The van der Waals surface area contributed by atoms with Crippen LogP contribution in [0.3, 0.4) is 0 Å². The van der Waals surface area contributed by atoms with Crippen LogP contribution in [0.25, 0.3) is 0 Å². The van der Waals surface area contributed by atoms with Gasteiger partial charge in [0.2, 0.25) is 21.8 Å². The third-order valence-electron chi connectivity index (χ3n) is 3.16. The van der Waals surface area contributed by atoms with Crippen LogP contribution in [0.4, 0.5) is 5.69 Å². The minimum absolute atomic E-state index is 0.00828. The van der Waals surface area contributed by atoms with Gasteiger partial charge >= 0.3 is 0 Å². The van der Waals surface area contributed by atoms with Gasteiger partial charge in [-0.3, -0.25) is 9.59 Å². The topological polar surface area (TPSA) is 95.6 Å². The molecule has 2 amide bonds. The lowest BCUT2D eigenvalue weighted by Gasteiger charge is -2.25. The molecule has 0 spiro atoms. The second kappa shape index (κ2) is 8.07. The van der Waals surface area contributed by atoms with E-state index in [0.29, 0.717) is 12.2 Å². The summed E-state index contributed by atoms with van der Waals surface area (Å²) in [7, 11) is -3.65. The number of hydrogen-bond donors (Lipinski definition) is 2. The third-order valence-corrected chi connectivity index (χ3v) is 4.63. The number of sulfonamides is 1. The molecule has 1 aromatic carbocycles. The number of rotatable bonds is 7. The normalized spacial score (nSPS) is 11.3. The lowest BCUT2D eigenvalue weighted by Crippen LogP contribution is -2.41. The average molecular weight is 341 g/mol. The molecule has 0 heterocycles. The monoisotopic (exact) mass is 341 g/mol.